The van der Waals surface area contributed by atoms with Crippen molar-refractivity contribution in [3.63, 3.8) is 0 Å². The quantitative estimate of drug-likeness (QED) is 0.271. The summed E-state index contributed by atoms with van der Waals surface area (Å²) in [6, 6.07) is 10.0. The van der Waals surface area contributed by atoms with Gasteiger partial charge in [0.25, 0.3) is 0 Å². The van der Waals surface area contributed by atoms with Gasteiger partial charge in [-0.3, -0.25) is 14.9 Å². The predicted molar refractivity (Wildman–Crippen MR) is 144 cm³/mol. The Morgan fingerprint density at radius 2 is 1.92 bits per heavy atom. The lowest BCUT2D eigenvalue weighted by atomic mass is 10.1. The largest absolute Gasteiger partial charge is 0.324 e. The number of rotatable bonds is 5. The van der Waals surface area contributed by atoms with Crippen molar-refractivity contribution in [2.45, 2.75) is 25.7 Å². The summed E-state index contributed by atoms with van der Waals surface area (Å²) >= 11 is 1.67. The van der Waals surface area contributed by atoms with E-state index in [-0.39, 0.29) is 11.8 Å². The van der Waals surface area contributed by atoms with Crippen LogP contribution in [0.1, 0.15) is 25.7 Å². The second-order valence-corrected chi connectivity index (χ2v) is 10.2. The molecule has 0 atom stereocenters. The van der Waals surface area contributed by atoms with Gasteiger partial charge >= 0.3 is 0 Å². The highest BCUT2D eigenvalue weighted by Gasteiger charge is 2.23. The van der Waals surface area contributed by atoms with Gasteiger partial charge in [-0.15, -0.1) is 11.3 Å². The molecule has 6 aromatic heterocycles. The maximum atomic E-state index is 12.6. The Hall–Kier alpha value is -4.44. The van der Waals surface area contributed by atoms with Gasteiger partial charge in [0.2, 0.25) is 5.91 Å². The first-order valence-corrected chi connectivity index (χ1v) is 13.1. The number of carbonyl (C=O) groups is 1. The number of aromatic amines is 2. The Bertz CT molecular complexity index is 1750. The number of H-pyrrole nitrogens is 2. The van der Waals surface area contributed by atoms with Crippen LogP contribution in [0.15, 0.2) is 60.5 Å². The van der Waals surface area contributed by atoms with Crippen LogP contribution in [0, 0.1) is 5.92 Å². The first-order valence-electron chi connectivity index (χ1n) is 12.2. The van der Waals surface area contributed by atoms with Gasteiger partial charge < -0.3 is 10.3 Å². The molecule has 3 N–H and O–H groups in total. The van der Waals surface area contributed by atoms with Crippen molar-refractivity contribution in [3.05, 3.63) is 60.5 Å². The highest BCUT2D eigenvalue weighted by molar-refractivity contribution is 7.13. The molecule has 7 rings (SSSR count). The number of amides is 1. The summed E-state index contributed by atoms with van der Waals surface area (Å²) < 4.78 is 0. The SMILES string of the molecule is O=C(Nc1cncc(-c2cnc3[nH]nc(-c4nc5c(-c6cccs6)ccnc5[nH]4)c3c2)c1)C1CCCC1. The Morgan fingerprint density at radius 1 is 1.03 bits per heavy atom. The van der Waals surface area contributed by atoms with E-state index in [4.69, 9.17) is 4.98 Å². The molecule has 182 valence electrons. The number of pyridine rings is 3. The molecule has 37 heavy (non-hydrogen) atoms. The van der Waals surface area contributed by atoms with Crippen molar-refractivity contribution in [2.75, 3.05) is 5.32 Å². The van der Waals surface area contributed by atoms with Gasteiger partial charge in [0.05, 0.1) is 17.3 Å². The van der Waals surface area contributed by atoms with E-state index in [1.165, 1.54) is 0 Å². The van der Waals surface area contributed by atoms with E-state index < -0.39 is 0 Å². The van der Waals surface area contributed by atoms with E-state index >= 15 is 0 Å². The highest BCUT2D eigenvalue weighted by atomic mass is 32.1. The Kier molecular flexibility index (Phi) is 5.24. The molecule has 0 bridgehead atoms. The molecule has 1 amide bonds. The minimum absolute atomic E-state index is 0.0718. The zero-order valence-electron chi connectivity index (χ0n) is 19.7. The monoisotopic (exact) mass is 506 g/mol. The number of hydrogen-bond donors (Lipinski definition) is 3. The van der Waals surface area contributed by atoms with E-state index in [9.17, 15) is 4.79 Å². The molecule has 6 aromatic rings. The first kappa shape index (κ1) is 21.8. The molecule has 1 fully saturated rings. The maximum absolute atomic E-state index is 12.6. The normalized spacial score (nSPS) is 14.1. The van der Waals surface area contributed by atoms with Crippen molar-refractivity contribution in [2.24, 2.45) is 5.92 Å². The average Bonchev–Trinajstić information content (AvgIpc) is 3.74. The number of carbonyl (C=O) groups excluding carboxylic acids is 1. The fourth-order valence-electron chi connectivity index (χ4n) is 4.99. The first-order chi connectivity index (χ1) is 18.2. The fraction of sp³-hybridized carbons (Fsp3) is 0.185. The second-order valence-electron chi connectivity index (χ2n) is 9.24. The number of thiophene rings is 1. The molecule has 1 aliphatic rings. The molecule has 6 heterocycles. The second kappa shape index (κ2) is 8.90. The molecule has 0 radical (unpaired) electrons. The summed E-state index contributed by atoms with van der Waals surface area (Å²) in [4.78, 5) is 35.3. The molecule has 1 aliphatic carbocycles. The molecular weight excluding hydrogens is 484 g/mol. The van der Waals surface area contributed by atoms with Crippen LogP contribution in [0.2, 0.25) is 0 Å². The molecule has 0 spiro atoms. The number of hydrogen-bond acceptors (Lipinski definition) is 7. The Balaban J connectivity index is 1.25. The summed E-state index contributed by atoms with van der Waals surface area (Å²) in [7, 11) is 0. The number of aromatic nitrogens is 7. The van der Waals surface area contributed by atoms with E-state index in [0.29, 0.717) is 28.5 Å². The smallest absolute Gasteiger partial charge is 0.227 e. The number of fused-ring (bicyclic) bond motifs is 2. The van der Waals surface area contributed by atoms with Gasteiger partial charge in [0.15, 0.2) is 17.1 Å². The third-order valence-electron chi connectivity index (χ3n) is 6.88. The van der Waals surface area contributed by atoms with Crippen molar-refractivity contribution in [1.29, 1.82) is 0 Å². The third kappa shape index (κ3) is 3.95. The topological polar surface area (TPSA) is 125 Å². The van der Waals surface area contributed by atoms with Crippen LogP contribution in [0.4, 0.5) is 5.69 Å². The van der Waals surface area contributed by atoms with Gasteiger partial charge in [0.1, 0.15) is 11.2 Å². The van der Waals surface area contributed by atoms with Crippen LogP contribution >= 0.6 is 11.3 Å². The molecule has 0 aromatic carbocycles. The van der Waals surface area contributed by atoms with Gasteiger partial charge in [0, 0.05) is 46.1 Å². The molecular formula is C27H22N8OS. The number of imidazole rings is 1. The Morgan fingerprint density at radius 3 is 2.78 bits per heavy atom. The fourth-order valence-corrected chi connectivity index (χ4v) is 5.75. The highest BCUT2D eigenvalue weighted by Crippen LogP contribution is 2.33. The molecule has 1 saturated carbocycles. The van der Waals surface area contributed by atoms with Gasteiger partial charge in [-0.1, -0.05) is 18.9 Å². The van der Waals surface area contributed by atoms with Crippen LogP contribution in [-0.2, 0) is 4.79 Å². The van der Waals surface area contributed by atoms with E-state index in [1.807, 2.05) is 29.6 Å². The summed E-state index contributed by atoms with van der Waals surface area (Å²) in [5, 5.41) is 13.4. The van der Waals surface area contributed by atoms with Crippen LogP contribution in [0.5, 0.6) is 0 Å². The van der Waals surface area contributed by atoms with Crippen LogP contribution in [0.3, 0.4) is 0 Å². The number of nitrogens with zero attached hydrogens (tertiary/aromatic N) is 5. The zero-order chi connectivity index (χ0) is 24.8. The minimum Gasteiger partial charge on any atom is -0.324 e. The van der Waals surface area contributed by atoms with Gasteiger partial charge in [-0.2, -0.15) is 5.10 Å². The van der Waals surface area contributed by atoms with Gasteiger partial charge in [-0.05, 0) is 42.5 Å². The molecule has 9 nitrogen and oxygen atoms in total. The van der Waals surface area contributed by atoms with E-state index in [2.05, 4.69) is 41.5 Å². The maximum Gasteiger partial charge on any atom is 0.227 e. The van der Waals surface area contributed by atoms with Crippen LogP contribution in [-0.4, -0.2) is 41.0 Å². The lowest BCUT2D eigenvalue weighted by Gasteiger charge is -2.11. The third-order valence-corrected chi connectivity index (χ3v) is 7.78. The molecule has 0 saturated heterocycles. The van der Waals surface area contributed by atoms with Gasteiger partial charge in [-0.25, -0.2) is 15.0 Å². The van der Waals surface area contributed by atoms with Crippen molar-refractivity contribution >= 4 is 45.1 Å². The molecule has 0 aliphatic heterocycles. The Labute approximate surface area is 215 Å². The lowest BCUT2D eigenvalue weighted by molar-refractivity contribution is -0.119. The molecule has 0 unspecified atom stereocenters. The predicted octanol–water partition coefficient (Wildman–Crippen LogP) is 5.82. The summed E-state index contributed by atoms with van der Waals surface area (Å²) in [5.41, 5.74) is 6.27. The average molecular weight is 507 g/mol. The van der Waals surface area contributed by atoms with Crippen molar-refractivity contribution in [3.8, 4) is 33.1 Å². The number of nitrogens with one attached hydrogen (secondary N) is 3. The number of anilines is 1. The minimum atomic E-state index is 0.0718. The molecule has 10 heteroatoms. The lowest BCUT2D eigenvalue weighted by Crippen LogP contribution is -2.20. The van der Waals surface area contributed by atoms with Crippen molar-refractivity contribution in [1.82, 2.24) is 35.1 Å². The summed E-state index contributed by atoms with van der Waals surface area (Å²) in [6.45, 7) is 0. The summed E-state index contributed by atoms with van der Waals surface area (Å²) in [6.07, 6.45) is 11.2. The van der Waals surface area contributed by atoms with Crippen LogP contribution < -0.4 is 5.32 Å². The summed E-state index contributed by atoms with van der Waals surface area (Å²) in [5.74, 6) is 0.781. The zero-order valence-corrected chi connectivity index (χ0v) is 20.5. The van der Waals surface area contributed by atoms with E-state index in [1.54, 1.807) is 36.1 Å². The van der Waals surface area contributed by atoms with Crippen molar-refractivity contribution < 1.29 is 4.79 Å². The van der Waals surface area contributed by atoms with Crippen LogP contribution in [0.25, 0.3) is 55.3 Å². The standard InChI is InChI=1S/C27H22N8OS/c36-27(15-4-1-2-5-15)31-18-10-16(12-28-14-18)17-11-20-23(34-35-24(20)30-13-17)26-32-22-19(21-6-3-9-37-21)7-8-29-25(22)33-26/h3,6-15H,1-2,4-5H2,(H,31,36)(H,29,32,33)(H,30,34,35). The van der Waals surface area contributed by atoms with E-state index in [0.717, 1.165) is 58.2 Å².